The largest absolute Gasteiger partial charge is 0.351 e. The van der Waals surface area contributed by atoms with Gasteiger partial charge >= 0.3 is 0 Å². The van der Waals surface area contributed by atoms with Crippen molar-refractivity contribution in [1.82, 2.24) is 15.3 Å². The number of carbonyl (C=O) groups excluding carboxylic acids is 1. The SMILES string of the molecule is O=C(NCCc1ncc[nH]1)c1cc2c(s1)CCCCC2. The van der Waals surface area contributed by atoms with Gasteiger partial charge < -0.3 is 10.3 Å². The van der Waals surface area contributed by atoms with Crippen molar-refractivity contribution in [3.05, 3.63) is 39.6 Å². The number of nitrogens with zero attached hydrogens (tertiary/aromatic N) is 1. The Morgan fingerprint density at radius 1 is 1.35 bits per heavy atom. The lowest BCUT2D eigenvalue weighted by Crippen LogP contribution is -2.25. The second kappa shape index (κ2) is 6.22. The number of aromatic nitrogens is 2. The lowest BCUT2D eigenvalue weighted by Gasteiger charge is -2.01. The number of aromatic amines is 1. The average Bonchev–Trinajstić information content (AvgIpc) is 3.05. The van der Waals surface area contributed by atoms with Crippen LogP contribution in [0, 0.1) is 0 Å². The molecule has 0 saturated carbocycles. The quantitative estimate of drug-likeness (QED) is 0.850. The van der Waals surface area contributed by atoms with Crippen LogP contribution in [0.3, 0.4) is 0 Å². The van der Waals surface area contributed by atoms with Crippen LogP contribution < -0.4 is 5.32 Å². The third-order valence-corrected chi connectivity index (χ3v) is 4.91. The zero-order valence-corrected chi connectivity index (χ0v) is 12.3. The van der Waals surface area contributed by atoms with Gasteiger partial charge in [-0.3, -0.25) is 4.79 Å². The van der Waals surface area contributed by atoms with Crippen LogP contribution in [0.25, 0.3) is 0 Å². The summed E-state index contributed by atoms with van der Waals surface area (Å²) in [4.78, 5) is 21.6. The summed E-state index contributed by atoms with van der Waals surface area (Å²) in [6.07, 6.45) is 10.4. The average molecular weight is 289 g/mol. The minimum Gasteiger partial charge on any atom is -0.351 e. The number of nitrogens with one attached hydrogen (secondary N) is 2. The third-order valence-electron chi connectivity index (χ3n) is 3.67. The Bertz CT molecular complexity index is 550. The van der Waals surface area contributed by atoms with E-state index < -0.39 is 0 Å². The Kier molecular flexibility index (Phi) is 4.16. The van der Waals surface area contributed by atoms with E-state index in [2.05, 4.69) is 21.4 Å². The van der Waals surface area contributed by atoms with E-state index in [1.165, 1.54) is 29.7 Å². The fraction of sp³-hybridized carbons (Fsp3) is 0.467. The maximum Gasteiger partial charge on any atom is 0.261 e. The standard InChI is InChI=1S/C15H19N3OS/c19-15(18-7-6-14-16-8-9-17-14)13-10-11-4-2-1-3-5-12(11)20-13/h8-10H,1-7H2,(H,16,17)(H,18,19). The molecule has 0 radical (unpaired) electrons. The van der Waals surface area contributed by atoms with Gasteiger partial charge in [-0.15, -0.1) is 11.3 Å². The van der Waals surface area contributed by atoms with Gasteiger partial charge in [0.1, 0.15) is 5.82 Å². The minimum atomic E-state index is 0.0506. The van der Waals surface area contributed by atoms with Crippen LogP contribution in [0.15, 0.2) is 18.5 Å². The number of hydrogen-bond donors (Lipinski definition) is 2. The summed E-state index contributed by atoms with van der Waals surface area (Å²) in [5, 5.41) is 2.97. The zero-order chi connectivity index (χ0) is 13.8. The molecule has 1 amide bonds. The molecule has 2 aromatic rings. The number of amides is 1. The van der Waals surface area contributed by atoms with Crippen molar-refractivity contribution in [3.63, 3.8) is 0 Å². The fourth-order valence-corrected chi connectivity index (χ4v) is 3.77. The molecule has 0 aliphatic heterocycles. The van der Waals surface area contributed by atoms with E-state index in [1.54, 1.807) is 23.7 Å². The molecule has 5 heteroatoms. The first-order valence-corrected chi connectivity index (χ1v) is 8.02. The smallest absolute Gasteiger partial charge is 0.261 e. The first-order chi connectivity index (χ1) is 9.83. The highest BCUT2D eigenvalue weighted by Crippen LogP contribution is 2.28. The molecule has 106 valence electrons. The summed E-state index contributed by atoms with van der Waals surface area (Å²) < 4.78 is 0. The molecule has 20 heavy (non-hydrogen) atoms. The Morgan fingerprint density at radius 2 is 2.25 bits per heavy atom. The molecule has 2 heterocycles. The van der Waals surface area contributed by atoms with E-state index in [0.717, 1.165) is 30.0 Å². The maximum absolute atomic E-state index is 12.1. The monoisotopic (exact) mass is 289 g/mol. The summed E-state index contributed by atoms with van der Waals surface area (Å²) in [5.41, 5.74) is 1.39. The van der Waals surface area contributed by atoms with Gasteiger partial charge in [0.05, 0.1) is 4.88 Å². The summed E-state index contributed by atoms with van der Waals surface area (Å²) in [5.74, 6) is 0.960. The first-order valence-electron chi connectivity index (χ1n) is 7.21. The van der Waals surface area contributed by atoms with Crippen molar-refractivity contribution in [2.24, 2.45) is 0 Å². The van der Waals surface area contributed by atoms with Crippen LogP contribution in [-0.4, -0.2) is 22.4 Å². The predicted octanol–water partition coefficient (Wildman–Crippen LogP) is 2.71. The van der Waals surface area contributed by atoms with Gasteiger partial charge in [0.2, 0.25) is 0 Å². The van der Waals surface area contributed by atoms with E-state index in [4.69, 9.17) is 0 Å². The Labute approximate surface area is 122 Å². The van der Waals surface area contributed by atoms with Crippen molar-refractivity contribution < 1.29 is 4.79 Å². The lowest BCUT2D eigenvalue weighted by molar-refractivity contribution is 0.0958. The number of fused-ring (bicyclic) bond motifs is 1. The molecule has 3 rings (SSSR count). The molecule has 1 aliphatic carbocycles. The van der Waals surface area contributed by atoms with E-state index in [9.17, 15) is 4.79 Å². The van der Waals surface area contributed by atoms with Gasteiger partial charge in [-0.1, -0.05) is 6.42 Å². The van der Waals surface area contributed by atoms with Gasteiger partial charge in [0, 0.05) is 30.2 Å². The molecule has 0 saturated heterocycles. The van der Waals surface area contributed by atoms with Crippen molar-refractivity contribution in [2.45, 2.75) is 38.5 Å². The van der Waals surface area contributed by atoms with Gasteiger partial charge in [0.25, 0.3) is 5.91 Å². The molecule has 2 aromatic heterocycles. The number of carbonyl (C=O) groups is 1. The summed E-state index contributed by atoms with van der Waals surface area (Å²) in [6.45, 7) is 0.620. The molecule has 0 atom stereocenters. The first kappa shape index (κ1) is 13.4. The number of thiophene rings is 1. The molecule has 0 fully saturated rings. The third kappa shape index (κ3) is 3.10. The van der Waals surface area contributed by atoms with Crippen LogP contribution in [-0.2, 0) is 19.3 Å². The molecule has 0 unspecified atom stereocenters. The van der Waals surface area contributed by atoms with E-state index in [0.29, 0.717) is 6.54 Å². The van der Waals surface area contributed by atoms with E-state index in [1.807, 2.05) is 0 Å². The topological polar surface area (TPSA) is 57.8 Å². The second-order valence-corrected chi connectivity index (χ2v) is 6.30. The van der Waals surface area contributed by atoms with Gasteiger partial charge in [-0.25, -0.2) is 4.98 Å². The van der Waals surface area contributed by atoms with Crippen LogP contribution in [0.4, 0.5) is 0 Å². The molecule has 0 spiro atoms. The number of rotatable bonds is 4. The highest BCUT2D eigenvalue weighted by atomic mass is 32.1. The van der Waals surface area contributed by atoms with Crippen LogP contribution in [0.2, 0.25) is 0 Å². The maximum atomic E-state index is 12.1. The molecule has 0 aromatic carbocycles. The van der Waals surface area contributed by atoms with Crippen molar-refractivity contribution in [3.8, 4) is 0 Å². The minimum absolute atomic E-state index is 0.0506. The molecule has 4 nitrogen and oxygen atoms in total. The summed E-state index contributed by atoms with van der Waals surface area (Å²) in [7, 11) is 0. The van der Waals surface area contributed by atoms with Crippen LogP contribution in [0.1, 0.15) is 45.2 Å². The fourth-order valence-electron chi connectivity index (χ4n) is 2.60. The van der Waals surface area contributed by atoms with Gasteiger partial charge in [-0.05, 0) is 37.3 Å². The van der Waals surface area contributed by atoms with E-state index >= 15 is 0 Å². The molecular formula is C15H19N3OS. The van der Waals surface area contributed by atoms with E-state index in [-0.39, 0.29) is 5.91 Å². The van der Waals surface area contributed by atoms with Crippen LogP contribution >= 0.6 is 11.3 Å². The lowest BCUT2D eigenvalue weighted by atomic mass is 10.1. The molecule has 0 bridgehead atoms. The Balaban J connectivity index is 1.57. The summed E-state index contributed by atoms with van der Waals surface area (Å²) >= 11 is 1.67. The van der Waals surface area contributed by atoms with Crippen molar-refractivity contribution >= 4 is 17.2 Å². The highest BCUT2D eigenvalue weighted by Gasteiger charge is 2.16. The van der Waals surface area contributed by atoms with Crippen molar-refractivity contribution in [2.75, 3.05) is 6.54 Å². The summed E-state index contributed by atoms with van der Waals surface area (Å²) in [6, 6.07) is 2.09. The number of H-pyrrole nitrogens is 1. The Hall–Kier alpha value is -1.62. The number of imidazole rings is 1. The normalized spacial score (nSPS) is 14.6. The van der Waals surface area contributed by atoms with Gasteiger partial charge in [-0.2, -0.15) is 0 Å². The van der Waals surface area contributed by atoms with Gasteiger partial charge in [0.15, 0.2) is 0 Å². The van der Waals surface area contributed by atoms with Crippen molar-refractivity contribution in [1.29, 1.82) is 0 Å². The zero-order valence-electron chi connectivity index (χ0n) is 11.4. The molecule has 1 aliphatic rings. The number of hydrogen-bond acceptors (Lipinski definition) is 3. The molecular weight excluding hydrogens is 270 g/mol. The molecule has 2 N–H and O–H groups in total. The Morgan fingerprint density at radius 3 is 3.10 bits per heavy atom. The number of aryl methyl sites for hydroxylation is 2. The predicted molar refractivity (Wildman–Crippen MR) is 80.2 cm³/mol. The van der Waals surface area contributed by atoms with Crippen LogP contribution in [0.5, 0.6) is 0 Å². The second-order valence-electron chi connectivity index (χ2n) is 5.16. The highest BCUT2D eigenvalue weighted by molar-refractivity contribution is 7.14.